The van der Waals surface area contributed by atoms with Gasteiger partial charge in [0.2, 0.25) is 0 Å². The second-order valence-corrected chi connectivity index (χ2v) is 14.3. The van der Waals surface area contributed by atoms with Crippen molar-refractivity contribution in [1.82, 2.24) is 15.0 Å². The molecule has 0 bridgehead atoms. The summed E-state index contributed by atoms with van der Waals surface area (Å²) in [5.74, 6) is 2.82. The van der Waals surface area contributed by atoms with E-state index in [9.17, 15) is 0 Å². The molecule has 3 heterocycles. The quantitative estimate of drug-likeness (QED) is 0.171. The number of para-hydroxylation sites is 1. The van der Waals surface area contributed by atoms with E-state index in [2.05, 4.69) is 146 Å². The molecule has 2 aliphatic rings. The van der Waals surface area contributed by atoms with Crippen LogP contribution in [0, 0.1) is 0 Å². The molecule has 2 aromatic heterocycles. The average Bonchev–Trinajstić information content (AvgIpc) is 3.86. The van der Waals surface area contributed by atoms with Gasteiger partial charge in [0.15, 0.2) is 17.5 Å². The number of furan rings is 1. The monoisotopic (exact) mass is 719 g/mol. The highest BCUT2D eigenvalue weighted by Gasteiger charge is 2.36. The normalized spacial score (nSPS) is 15.5. The van der Waals surface area contributed by atoms with Crippen LogP contribution in [0.25, 0.3) is 89.5 Å². The maximum Gasteiger partial charge on any atom is 0.164 e. The van der Waals surface area contributed by atoms with Gasteiger partial charge in [-0.05, 0) is 58.2 Å². The fraction of sp³-hybridized carbons (Fsp3) is 0.0392. The molecule has 0 N–H and O–H groups in total. The van der Waals surface area contributed by atoms with Crippen molar-refractivity contribution in [3.8, 4) is 73.3 Å². The first-order valence-corrected chi connectivity index (χ1v) is 18.9. The summed E-state index contributed by atoms with van der Waals surface area (Å²) in [5.41, 5.74) is 12.2. The van der Waals surface area contributed by atoms with Crippen molar-refractivity contribution in [1.29, 1.82) is 0 Å². The van der Waals surface area contributed by atoms with Gasteiger partial charge in [-0.3, -0.25) is 0 Å². The lowest BCUT2D eigenvalue weighted by Gasteiger charge is -2.17. The molecular formula is C51H33N3O2. The smallest absolute Gasteiger partial charge is 0.164 e. The highest BCUT2D eigenvalue weighted by atomic mass is 16.5. The van der Waals surface area contributed by atoms with E-state index in [0.717, 1.165) is 77.8 Å². The Morgan fingerprint density at radius 3 is 1.80 bits per heavy atom. The highest BCUT2D eigenvalue weighted by Crippen LogP contribution is 2.51. The van der Waals surface area contributed by atoms with Gasteiger partial charge in [-0.25, -0.2) is 15.0 Å². The van der Waals surface area contributed by atoms with Crippen LogP contribution in [0.5, 0.6) is 5.75 Å². The Morgan fingerprint density at radius 1 is 0.411 bits per heavy atom. The summed E-state index contributed by atoms with van der Waals surface area (Å²) in [5, 5.41) is 2.01. The Hall–Kier alpha value is -7.37. The summed E-state index contributed by atoms with van der Waals surface area (Å²) in [6.07, 6.45) is 8.56. The van der Waals surface area contributed by atoms with Crippen LogP contribution in [-0.2, 0) is 0 Å². The van der Waals surface area contributed by atoms with E-state index >= 15 is 0 Å². The van der Waals surface area contributed by atoms with Crippen LogP contribution in [0.15, 0.2) is 193 Å². The van der Waals surface area contributed by atoms with Gasteiger partial charge in [0, 0.05) is 44.5 Å². The van der Waals surface area contributed by atoms with E-state index in [1.54, 1.807) is 0 Å². The fourth-order valence-electron chi connectivity index (χ4n) is 8.26. The Morgan fingerprint density at radius 2 is 1.00 bits per heavy atom. The van der Waals surface area contributed by atoms with Crippen LogP contribution in [0.2, 0.25) is 0 Å². The van der Waals surface area contributed by atoms with Crippen LogP contribution >= 0.6 is 0 Å². The Bertz CT molecular complexity index is 3020. The van der Waals surface area contributed by atoms with Gasteiger partial charge in [-0.15, -0.1) is 0 Å². The van der Waals surface area contributed by atoms with Crippen molar-refractivity contribution in [2.75, 3.05) is 0 Å². The molecule has 0 spiro atoms. The van der Waals surface area contributed by atoms with Crippen molar-refractivity contribution in [2.24, 2.45) is 0 Å². The molecule has 9 aromatic rings. The molecule has 0 radical (unpaired) electrons. The Labute approximate surface area is 324 Å². The second-order valence-electron chi connectivity index (χ2n) is 14.3. The minimum absolute atomic E-state index is 0.0520. The molecule has 0 saturated heterocycles. The van der Waals surface area contributed by atoms with Gasteiger partial charge < -0.3 is 9.15 Å². The van der Waals surface area contributed by atoms with Crippen molar-refractivity contribution in [3.05, 3.63) is 194 Å². The molecule has 0 saturated carbocycles. The maximum atomic E-state index is 6.72. The number of hydrogen-bond acceptors (Lipinski definition) is 5. The summed E-state index contributed by atoms with van der Waals surface area (Å²) < 4.78 is 13.0. The van der Waals surface area contributed by atoms with E-state index in [1.165, 1.54) is 5.56 Å². The number of hydrogen-bond donors (Lipinski definition) is 0. The topological polar surface area (TPSA) is 61.0 Å². The Kier molecular flexibility index (Phi) is 7.56. The molecule has 5 nitrogen and oxygen atoms in total. The first-order valence-electron chi connectivity index (χ1n) is 18.9. The van der Waals surface area contributed by atoms with Crippen LogP contribution in [0.4, 0.5) is 0 Å². The van der Waals surface area contributed by atoms with Gasteiger partial charge in [-0.2, -0.15) is 0 Å². The fourth-order valence-corrected chi connectivity index (χ4v) is 8.26. The predicted molar refractivity (Wildman–Crippen MR) is 225 cm³/mol. The van der Waals surface area contributed by atoms with Crippen molar-refractivity contribution in [2.45, 2.75) is 12.0 Å². The Balaban J connectivity index is 1.10. The number of aromatic nitrogens is 3. The van der Waals surface area contributed by atoms with Gasteiger partial charge in [0.25, 0.3) is 0 Å². The molecule has 2 unspecified atom stereocenters. The number of ether oxygens (including phenoxy) is 1. The van der Waals surface area contributed by atoms with Crippen LogP contribution in [-0.4, -0.2) is 21.1 Å². The van der Waals surface area contributed by atoms with Crippen LogP contribution < -0.4 is 4.74 Å². The van der Waals surface area contributed by atoms with Crippen molar-refractivity contribution >= 4 is 21.9 Å². The molecule has 5 heteroatoms. The summed E-state index contributed by atoms with van der Waals surface area (Å²) >= 11 is 0. The summed E-state index contributed by atoms with van der Waals surface area (Å²) in [6, 6.07) is 56.5. The lowest BCUT2D eigenvalue weighted by molar-refractivity contribution is 0.270. The van der Waals surface area contributed by atoms with E-state index in [0.29, 0.717) is 17.5 Å². The maximum absolute atomic E-state index is 6.72. The molecule has 1 aliphatic carbocycles. The number of rotatable bonds is 6. The minimum atomic E-state index is -0.0520. The van der Waals surface area contributed by atoms with Gasteiger partial charge in [0.05, 0.1) is 0 Å². The lowest BCUT2D eigenvalue weighted by Crippen LogP contribution is -2.15. The zero-order valence-corrected chi connectivity index (χ0v) is 30.2. The standard InChI is InChI=1S/C51H33N3O2/c1-3-14-32(15-4-1)34-18-11-20-36(30-34)49-52-50(54-51(53-49)42-24-13-27-45-46(42)40-22-7-9-25-43(40)55-45)37-21-12-19-35(31-37)38-28-29-39(33-16-5-2-6-17-33)48-47(38)41-23-8-10-26-44(41)56-48/h1-31,41,44H. The summed E-state index contributed by atoms with van der Waals surface area (Å²) in [7, 11) is 0. The molecule has 1 aliphatic heterocycles. The second kappa shape index (κ2) is 13.2. The van der Waals surface area contributed by atoms with E-state index in [1.807, 2.05) is 42.5 Å². The molecule has 2 atom stereocenters. The van der Waals surface area contributed by atoms with E-state index in [-0.39, 0.29) is 12.0 Å². The van der Waals surface area contributed by atoms with E-state index in [4.69, 9.17) is 24.1 Å². The van der Waals surface area contributed by atoms with Crippen molar-refractivity contribution < 1.29 is 9.15 Å². The largest absolute Gasteiger partial charge is 0.484 e. The predicted octanol–water partition coefficient (Wildman–Crippen LogP) is 12.7. The first kappa shape index (κ1) is 32.1. The van der Waals surface area contributed by atoms with E-state index < -0.39 is 0 Å². The molecular weight excluding hydrogens is 687 g/mol. The summed E-state index contributed by atoms with van der Waals surface area (Å²) in [4.78, 5) is 15.6. The first-order chi connectivity index (χ1) is 27.7. The number of fused-ring (bicyclic) bond motifs is 6. The number of benzene rings is 7. The highest BCUT2D eigenvalue weighted by molar-refractivity contribution is 6.11. The molecule has 0 fully saturated rings. The third-order valence-corrected chi connectivity index (χ3v) is 10.9. The zero-order chi connectivity index (χ0) is 37.0. The molecule has 56 heavy (non-hydrogen) atoms. The van der Waals surface area contributed by atoms with Gasteiger partial charge in [0.1, 0.15) is 23.0 Å². The van der Waals surface area contributed by atoms with Gasteiger partial charge in [-0.1, -0.05) is 158 Å². The zero-order valence-electron chi connectivity index (χ0n) is 30.2. The van der Waals surface area contributed by atoms with Crippen molar-refractivity contribution in [3.63, 3.8) is 0 Å². The number of allylic oxidation sites excluding steroid dienone is 2. The van der Waals surface area contributed by atoms with Crippen LogP contribution in [0.3, 0.4) is 0 Å². The average molecular weight is 720 g/mol. The summed E-state index contributed by atoms with van der Waals surface area (Å²) in [6.45, 7) is 0. The minimum Gasteiger partial charge on any atom is -0.484 e. The molecule has 11 rings (SSSR count). The third-order valence-electron chi connectivity index (χ3n) is 10.9. The van der Waals surface area contributed by atoms with Gasteiger partial charge >= 0.3 is 0 Å². The number of nitrogens with zero attached hydrogens (tertiary/aromatic N) is 3. The molecule has 7 aromatic carbocycles. The lowest BCUT2D eigenvalue weighted by atomic mass is 9.84. The third kappa shape index (κ3) is 5.44. The molecule has 0 amide bonds. The SMILES string of the molecule is C1=CC2Oc3c(-c4ccccc4)ccc(-c4cccc(-c5nc(-c6cccc(-c7ccccc7)c6)nc(-c6cccc7oc8ccccc8c67)n5)c4)c3C2C=C1. The molecule has 264 valence electrons. The van der Waals surface area contributed by atoms with Crippen LogP contribution in [0.1, 0.15) is 11.5 Å².